The van der Waals surface area contributed by atoms with Crippen LogP contribution in [0.1, 0.15) is 10.4 Å². The van der Waals surface area contributed by atoms with E-state index in [1.165, 1.54) is 12.3 Å². The molecule has 3 rings (SSSR count). The number of benzene rings is 2. The summed E-state index contributed by atoms with van der Waals surface area (Å²) in [6, 6.07) is 13.3. The van der Waals surface area contributed by atoms with Gasteiger partial charge >= 0.3 is 8.25 Å². The van der Waals surface area contributed by atoms with E-state index in [-0.39, 0.29) is 28.4 Å². The topological polar surface area (TPSA) is 125 Å². The Balaban J connectivity index is 1.80. The van der Waals surface area contributed by atoms with E-state index < -0.39 is 8.25 Å². The number of aromatic nitrogens is 2. The standard InChI is InChI=1S/C18H15ClN5O4P/c1-20-17(25)11-6-8-12(9-7-11)22-18-21-10-13(19)16(24-18)23-14-4-2-3-5-15(14)28-29(26)27/h2-10H,1H3,(H3-,20,21,22,23,24,25,26,27)/p+1. The summed E-state index contributed by atoms with van der Waals surface area (Å²) in [6.45, 7) is 0. The Labute approximate surface area is 172 Å². The number of carbonyl (C=O) groups excluding carboxylic acids is 1. The second-order valence-corrected chi connectivity index (χ2v) is 6.69. The average Bonchev–Trinajstić information content (AvgIpc) is 2.71. The maximum Gasteiger partial charge on any atom is 0.747 e. The van der Waals surface area contributed by atoms with E-state index in [2.05, 4.69) is 25.9 Å². The van der Waals surface area contributed by atoms with E-state index in [4.69, 9.17) is 21.0 Å². The molecule has 2 aromatic carbocycles. The van der Waals surface area contributed by atoms with Crippen molar-refractivity contribution in [2.24, 2.45) is 0 Å². The molecule has 0 bridgehead atoms. The van der Waals surface area contributed by atoms with Crippen LogP contribution in [0.15, 0.2) is 54.7 Å². The molecule has 0 saturated carbocycles. The van der Waals surface area contributed by atoms with E-state index in [0.29, 0.717) is 16.9 Å². The summed E-state index contributed by atoms with van der Waals surface area (Å²) in [6.07, 6.45) is 1.41. The van der Waals surface area contributed by atoms with Gasteiger partial charge in [0.15, 0.2) is 5.82 Å². The summed E-state index contributed by atoms with van der Waals surface area (Å²) in [5.74, 6) is 0.521. The zero-order valence-corrected chi connectivity index (χ0v) is 16.7. The molecule has 1 amide bonds. The number of hydrogen-bond acceptors (Lipinski definition) is 7. The van der Waals surface area contributed by atoms with Crippen LogP contribution in [0.2, 0.25) is 5.02 Å². The summed E-state index contributed by atoms with van der Waals surface area (Å²) in [5, 5.41) is 8.78. The van der Waals surface area contributed by atoms with Crippen molar-refractivity contribution in [3.63, 3.8) is 0 Å². The Kier molecular flexibility index (Phi) is 6.56. The third-order valence-electron chi connectivity index (χ3n) is 3.69. The van der Waals surface area contributed by atoms with Gasteiger partial charge in [-0.05, 0) is 36.4 Å². The fourth-order valence-electron chi connectivity index (χ4n) is 2.35. The van der Waals surface area contributed by atoms with Crippen LogP contribution in [0.4, 0.5) is 23.1 Å². The summed E-state index contributed by atoms with van der Waals surface area (Å²) in [5.41, 5.74) is 1.61. The van der Waals surface area contributed by atoms with Gasteiger partial charge in [0.05, 0.1) is 11.9 Å². The number of hydrogen-bond donors (Lipinski definition) is 4. The molecular weight excluding hydrogens is 417 g/mol. The van der Waals surface area contributed by atoms with Gasteiger partial charge in [-0.15, -0.1) is 4.89 Å². The molecule has 1 aromatic heterocycles. The van der Waals surface area contributed by atoms with E-state index in [1.807, 2.05) is 0 Å². The molecule has 0 fully saturated rings. The lowest BCUT2D eigenvalue weighted by Gasteiger charge is -2.11. The lowest BCUT2D eigenvalue weighted by Crippen LogP contribution is -2.17. The minimum absolute atomic E-state index is 0.171. The first-order valence-electron chi connectivity index (χ1n) is 8.28. The molecule has 148 valence electrons. The van der Waals surface area contributed by atoms with Gasteiger partial charge in [-0.1, -0.05) is 23.7 Å². The molecule has 9 nitrogen and oxygen atoms in total. The van der Waals surface area contributed by atoms with Gasteiger partial charge in [-0.3, -0.25) is 4.79 Å². The number of anilines is 4. The third-order valence-corrected chi connectivity index (χ3v) is 4.32. The molecule has 1 atom stereocenters. The van der Waals surface area contributed by atoms with Crippen molar-refractivity contribution in [2.45, 2.75) is 0 Å². The van der Waals surface area contributed by atoms with Crippen LogP contribution in [0, 0.1) is 0 Å². The highest BCUT2D eigenvalue weighted by atomic mass is 35.5. The molecule has 0 aliphatic carbocycles. The molecule has 0 aliphatic heterocycles. The molecule has 0 saturated heterocycles. The van der Waals surface area contributed by atoms with Gasteiger partial charge in [0.2, 0.25) is 11.7 Å². The summed E-state index contributed by atoms with van der Waals surface area (Å²) < 4.78 is 15.9. The highest BCUT2D eigenvalue weighted by Crippen LogP contribution is 2.34. The second kappa shape index (κ2) is 9.29. The summed E-state index contributed by atoms with van der Waals surface area (Å²) >= 11 is 6.17. The van der Waals surface area contributed by atoms with Crippen LogP contribution >= 0.6 is 19.9 Å². The van der Waals surface area contributed by atoms with Crippen LogP contribution in [-0.4, -0.2) is 27.8 Å². The van der Waals surface area contributed by atoms with Crippen LogP contribution in [-0.2, 0) is 4.57 Å². The first kappa shape index (κ1) is 20.5. The number of para-hydroxylation sites is 2. The monoisotopic (exact) mass is 432 g/mol. The normalized spacial score (nSPS) is 10.8. The van der Waals surface area contributed by atoms with Crippen LogP contribution in [0.5, 0.6) is 5.75 Å². The van der Waals surface area contributed by atoms with Crippen molar-refractivity contribution < 1.29 is 18.8 Å². The molecule has 11 heteroatoms. The van der Waals surface area contributed by atoms with E-state index in [1.54, 1.807) is 49.5 Å². The van der Waals surface area contributed by atoms with Crippen molar-refractivity contribution in [1.82, 2.24) is 15.3 Å². The molecule has 29 heavy (non-hydrogen) atoms. The van der Waals surface area contributed by atoms with Gasteiger partial charge in [0.25, 0.3) is 5.91 Å². The number of rotatable bonds is 7. The van der Waals surface area contributed by atoms with E-state index >= 15 is 0 Å². The molecular formula is C18H16ClN5O4P+. The predicted molar refractivity (Wildman–Crippen MR) is 110 cm³/mol. The lowest BCUT2D eigenvalue weighted by molar-refractivity contribution is 0.0963. The number of nitrogens with zero attached hydrogens (tertiary/aromatic N) is 2. The minimum atomic E-state index is -2.82. The van der Waals surface area contributed by atoms with Crippen LogP contribution in [0.25, 0.3) is 0 Å². The van der Waals surface area contributed by atoms with Crippen molar-refractivity contribution in [3.05, 3.63) is 65.3 Å². The molecule has 1 unspecified atom stereocenters. The zero-order valence-electron chi connectivity index (χ0n) is 15.1. The fourth-order valence-corrected chi connectivity index (χ4v) is 2.82. The van der Waals surface area contributed by atoms with Crippen molar-refractivity contribution in [1.29, 1.82) is 0 Å². The molecule has 3 aromatic rings. The average molecular weight is 433 g/mol. The maximum atomic E-state index is 11.6. The van der Waals surface area contributed by atoms with E-state index in [9.17, 15) is 9.36 Å². The molecule has 4 N–H and O–H groups in total. The number of nitrogens with one attached hydrogen (secondary N) is 3. The predicted octanol–water partition coefficient (Wildman–Crippen LogP) is 4.01. The van der Waals surface area contributed by atoms with Crippen LogP contribution < -0.4 is 20.5 Å². The van der Waals surface area contributed by atoms with Gasteiger partial charge in [0.1, 0.15) is 5.02 Å². The lowest BCUT2D eigenvalue weighted by atomic mass is 10.2. The fraction of sp³-hybridized carbons (Fsp3) is 0.0556. The third kappa shape index (κ3) is 5.39. The Bertz CT molecular complexity index is 1050. The largest absolute Gasteiger partial charge is 0.747 e. The van der Waals surface area contributed by atoms with Crippen molar-refractivity contribution >= 4 is 48.9 Å². The minimum Gasteiger partial charge on any atom is -0.355 e. The highest BCUT2D eigenvalue weighted by molar-refractivity contribution is 7.32. The number of halogens is 1. The Morgan fingerprint density at radius 1 is 1.14 bits per heavy atom. The SMILES string of the molecule is CNC(=O)c1ccc(Nc2ncc(Cl)c(Nc3ccccc3O[P+](=O)O)n2)cc1. The summed E-state index contributed by atoms with van der Waals surface area (Å²) in [4.78, 5) is 29.1. The smallest absolute Gasteiger partial charge is 0.355 e. The second-order valence-electron chi connectivity index (χ2n) is 5.62. The van der Waals surface area contributed by atoms with E-state index in [0.717, 1.165) is 0 Å². The number of carbonyl (C=O) groups is 1. The molecule has 1 heterocycles. The van der Waals surface area contributed by atoms with Gasteiger partial charge < -0.3 is 16.0 Å². The van der Waals surface area contributed by atoms with Gasteiger partial charge in [-0.2, -0.15) is 4.98 Å². The Morgan fingerprint density at radius 3 is 2.55 bits per heavy atom. The van der Waals surface area contributed by atoms with Crippen LogP contribution in [0.3, 0.4) is 0 Å². The molecule has 0 aliphatic rings. The summed E-state index contributed by atoms with van der Waals surface area (Å²) in [7, 11) is -1.26. The van der Waals surface area contributed by atoms with Gasteiger partial charge in [0, 0.05) is 22.9 Å². The highest BCUT2D eigenvalue weighted by Gasteiger charge is 2.18. The molecule has 0 spiro atoms. The number of amides is 1. The van der Waals surface area contributed by atoms with Crippen molar-refractivity contribution in [2.75, 3.05) is 17.7 Å². The van der Waals surface area contributed by atoms with Gasteiger partial charge in [-0.25, -0.2) is 9.51 Å². The Hall–Kier alpha value is -3.26. The quantitative estimate of drug-likeness (QED) is 0.413. The van der Waals surface area contributed by atoms with Crippen molar-refractivity contribution in [3.8, 4) is 5.75 Å². The molecule has 0 radical (unpaired) electrons. The Morgan fingerprint density at radius 2 is 1.86 bits per heavy atom. The zero-order chi connectivity index (χ0) is 20.8. The first-order valence-corrected chi connectivity index (χ1v) is 9.79. The first-order chi connectivity index (χ1) is 14.0. The maximum absolute atomic E-state index is 11.6.